The Morgan fingerprint density at radius 1 is 1.42 bits per heavy atom. The third-order valence-corrected chi connectivity index (χ3v) is 3.44. The molecular formula is C14H21F2N3. The Balaban J connectivity index is 1.89. The lowest BCUT2D eigenvalue weighted by Gasteiger charge is -2.33. The number of nitrogens with one attached hydrogen (secondary N) is 1. The van der Waals surface area contributed by atoms with Gasteiger partial charge in [-0.25, -0.2) is 8.78 Å². The van der Waals surface area contributed by atoms with Crippen molar-refractivity contribution in [3.63, 3.8) is 0 Å². The quantitative estimate of drug-likeness (QED) is 0.889. The van der Waals surface area contributed by atoms with Crippen molar-refractivity contribution in [1.29, 1.82) is 0 Å². The highest BCUT2D eigenvalue weighted by atomic mass is 19.1. The van der Waals surface area contributed by atoms with Crippen molar-refractivity contribution in [1.82, 2.24) is 15.1 Å². The fourth-order valence-corrected chi connectivity index (χ4v) is 2.51. The van der Waals surface area contributed by atoms with Crippen molar-refractivity contribution in [2.24, 2.45) is 0 Å². The maximum absolute atomic E-state index is 13.6. The van der Waals surface area contributed by atoms with Crippen LogP contribution in [0.3, 0.4) is 0 Å². The highest BCUT2D eigenvalue weighted by Crippen LogP contribution is 2.12. The van der Waals surface area contributed by atoms with Gasteiger partial charge in [0.05, 0.1) is 0 Å². The number of likely N-dealkylation sites (N-methyl/N-ethyl adjacent to an activating group) is 2. The molecule has 5 heteroatoms. The second-order valence-corrected chi connectivity index (χ2v) is 5.35. The lowest BCUT2D eigenvalue weighted by molar-refractivity contribution is 0.191. The molecule has 0 aliphatic carbocycles. The lowest BCUT2D eigenvalue weighted by atomic mass is 10.1. The van der Waals surface area contributed by atoms with E-state index >= 15 is 0 Å². The zero-order valence-corrected chi connectivity index (χ0v) is 11.5. The van der Waals surface area contributed by atoms with Gasteiger partial charge in [-0.3, -0.25) is 0 Å². The Morgan fingerprint density at radius 2 is 2.21 bits per heavy atom. The number of piperazine rings is 1. The highest BCUT2D eigenvalue weighted by Gasteiger charge is 2.18. The van der Waals surface area contributed by atoms with Gasteiger partial charge in [-0.1, -0.05) is 0 Å². The van der Waals surface area contributed by atoms with E-state index in [1.54, 1.807) is 0 Å². The maximum Gasteiger partial charge on any atom is 0.127 e. The van der Waals surface area contributed by atoms with Crippen LogP contribution in [0.4, 0.5) is 8.78 Å². The first kappa shape index (κ1) is 14.4. The van der Waals surface area contributed by atoms with E-state index in [-0.39, 0.29) is 11.6 Å². The number of halogens is 2. The Kier molecular flexibility index (Phi) is 4.85. The minimum absolute atomic E-state index is 0.345. The fraction of sp³-hybridized carbons (Fsp3) is 0.571. The van der Waals surface area contributed by atoms with Crippen molar-refractivity contribution >= 4 is 0 Å². The summed E-state index contributed by atoms with van der Waals surface area (Å²) in [5.74, 6) is -0.734. The molecule has 0 bridgehead atoms. The van der Waals surface area contributed by atoms with E-state index in [9.17, 15) is 8.78 Å². The topological polar surface area (TPSA) is 18.5 Å². The first-order valence-corrected chi connectivity index (χ1v) is 6.59. The van der Waals surface area contributed by atoms with E-state index in [0.717, 1.165) is 32.2 Å². The standard InChI is InChI=1S/C14H21F2N3/c1-18-6-5-17-13(9-18)10-19(2)8-11-7-12(15)3-4-14(11)16/h3-4,7,13,17H,5-6,8-10H2,1-2H3. The van der Waals surface area contributed by atoms with E-state index in [1.807, 2.05) is 11.9 Å². The average molecular weight is 269 g/mol. The Morgan fingerprint density at radius 3 is 2.95 bits per heavy atom. The summed E-state index contributed by atoms with van der Waals surface area (Å²) in [5, 5.41) is 3.44. The molecule has 2 rings (SSSR count). The molecule has 1 unspecified atom stereocenters. The molecule has 1 N–H and O–H groups in total. The summed E-state index contributed by atoms with van der Waals surface area (Å²) >= 11 is 0. The van der Waals surface area contributed by atoms with E-state index in [1.165, 1.54) is 12.1 Å². The normalized spacial score (nSPS) is 21.0. The van der Waals surface area contributed by atoms with Crippen molar-refractivity contribution in [2.45, 2.75) is 12.6 Å². The minimum Gasteiger partial charge on any atom is -0.310 e. The molecule has 19 heavy (non-hydrogen) atoms. The second-order valence-electron chi connectivity index (χ2n) is 5.35. The highest BCUT2D eigenvalue weighted by molar-refractivity contribution is 5.18. The monoisotopic (exact) mass is 269 g/mol. The van der Waals surface area contributed by atoms with Crippen molar-refractivity contribution in [3.8, 4) is 0 Å². The summed E-state index contributed by atoms with van der Waals surface area (Å²) in [6.07, 6.45) is 0. The van der Waals surface area contributed by atoms with Gasteiger partial charge in [0, 0.05) is 44.3 Å². The van der Waals surface area contributed by atoms with Gasteiger partial charge < -0.3 is 15.1 Å². The van der Waals surface area contributed by atoms with Gasteiger partial charge in [-0.05, 0) is 32.3 Å². The van der Waals surface area contributed by atoms with Gasteiger partial charge in [0.15, 0.2) is 0 Å². The lowest BCUT2D eigenvalue weighted by Crippen LogP contribution is -2.53. The van der Waals surface area contributed by atoms with Gasteiger partial charge in [-0.2, -0.15) is 0 Å². The number of benzene rings is 1. The molecular weight excluding hydrogens is 248 g/mol. The van der Waals surface area contributed by atoms with Crippen LogP contribution in [0.5, 0.6) is 0 Å². The van der Waals surface area contributed by atoms with Crippen LogP contribution in [0.2, 0.25) is 0 Å². The molecule has 1 atom stereocenters. The van der Waals surface area contributed by atoms with Crippen molar-refractivity contribution in [3.05, 3.63) is 35.4 Å². The molecule has 1 saturated heterocycles. The summed E-state index contributed by atoms with van der Waals surface area (Å²) in [6, 6.07) is 3.98. The van der Waals surface area contributed by atoms with Crippen LogP contribution in [0.25, 0.3) is 0 Å². The molecule has 0 spiro atoms. The van der Waals surface area contributed by atoms with Crippen LogP contribution in [0.1, 0.15) is 5.56 Å². The maximum atomic E-state index is 13.6. The van der Waals surface area contributed by atoms with Crippen LogP contribution in [-0.2, 0) is 6.54 Å². The molecule has 1 fully saturated rings. The minimum atomic E-state index is -0.389. The number of nitrogens with zero attached hydrogens (tertiary/aromatic N) is 2. The van der Waals surface area contributed by atoms with E-state index in [0.29, 0.717) is 18.2 Å². The molecule has 0 saturated carbocycles. The van der Waals surface area contributed by atoms with Crippen LogP contribution in [0, 0.1) is 11.6 Å². The van der Waals surface area contributed by atoms with Crippen molar-refractivity contribution in [2.75, 3.05) is 40.3 Å². The van der Waals surface area contributed by atoms with Gasteiger partial charge in [-0.15, -0.1) is 0 Å². The Labute approximate surface area is 113 Å². The number of rotatable bonds is 4. The summed E-state index contributed by atoms with van der Waals surface area (Å²) < 4.78 is 26.7. The van der Waals surface area contributed by atoms with Crippen LogP contribution < -0.4 is 5.32 Å². The molecule has 1 aliphatic rings. The predicted molar refractivity (Wildman–Crippen MR) is 72.0 cm³/mol. The smallest absolute Gasteiger partial charge is 0.127 e. The molecule has 106 valence electrons. The van der Waals surface area contributed by atoms with Crippen molar-refractivity contribution < 1.29 is 8.78 Å². The first-order chi connectivity index (χ1) is 9.04. The first-order valence-electron chi connectivity index (χ1n) is 6.59. The zero-order chi connectivity index (χ0) is 13.8. The molecule has 0 aromatic heterocycles. The predicted octanol–water partition coefficient (Wildman–Crippen LogP) is 1.30. The van der Waals surface area contributed by atoms with Gasteiger partial charge in [0.25, 0.3) is 0 Å². The molecule has 3 nitrogen and oxygen atoms in total. The van der Waals surface area contributed by atoms with E-state index in [4.69, 9.17) is 0 Å². The summed E-state index contributed by atoms with van der Waals surface area (Å²) in [5.41, 5.74) is 0.409. The molecule has 1 aromatic carbocycles. The summed E-state index contributed by atoms with van der Waals surface area (Å²) in [4.78, 5) is 4.30. The van der Waals surface area contributed by atoms with E-state index < -0.39 is 0 Å². The third-order valence-electron chi connectivity index (χ3n) is 3.44. The van der Waals surface area contributed by atoms with Gasteiger partial charge >= 0.3 is 0 Å². The largest absolute Gasteiger partial charge is 0.310 e. The second kappa shape index (κ2) is 6.41. The number of hydrogen-bond acceptors (Lipinski definition) is 3. The molecule has 0 radical (unpaired) electrons. The number of hydrogen-bond donors (Lipinski definition) is 1. The van der Waals surface area contributed by atoms with E-state index in [2.05, 4.69) is 17.3 Å². The van der Waals surface area contributed by atoms with Crippen LogP contribution in [-0.4, -0.2) is 56.1 Å². The molecule has 1 aromatic rings. The third kappa shape index (κ3) is 4.23. The average Bonchev–Trinajstić information content (AvgIpc) is 2.34. The Hall–Kier alpha value is -1.04. The zero-order valence-electron chi connectivity index (χ0n) is 11.5. The Bertz CT molecular complexity index is 425. The summed E-state index contributed by atoms with van der Waals surface area (Å²) in [6.45, 7) is 4.25. The fourth-order valence-electron chi connectivity index (χ4n) is 2.51. The van der Waals surface area contributed by atoms with Crippen LogP contribution in [0.15, 0.2) is 18.2 Å². The van der Waals surface area contributed by atoms with Gasteiger partial charge in [0.2, 0.25) is 0 Å². The molecule has 1 aliphatic heterocycles. The molecule has 1 heterocycles. The van der Waals surface area contributed by atoms with Gasteiger partial charge in [0.1, 0.15) is 11.6 Å². The molecule has 0 amide bonds. The summed E-state index contributed by atoms with van der Waals surface area (Å²) in [7, 11) is 4.03. The SMILES string of the molecule is CN1CCNC(CN(C)Cc2cc(F)ccc2F)C1. The van der Waals surface area contributed by atoms with Crippen LogP contribution >= 0.6 is 0 Å².